The first-order valence-electron chi connectivity index (χ1n) is 10.1. The Morgan fingerprint density at radius 2 is 1.90 bits per heavy atom. The lowest BCUT2D eigenvalue weighted by molar-refractivity contribution is 0.559. The zero-order valence-corrected chi connectivity index (χ0v) is 18.2. The van der Waals surface area contributed by atoms with Crippen LogP contribution in [0, 0.1) is 0 Å². The van der Waals surface area contributed by atoms with Gasteiger partial charge < -0.3 is 9.73 Å². The molecule has 0 unspecified atom stereocenters. The Balaban J connectivity index is 1.33. The average molecular weight is 436 g/mol. The molecule has 5 rings (SSSR count). The minimum atomic E-state index is -0.300. The first kappa shape index (κ1) is 19.3. The lowest BCUT2D eigenvalue weighted by Crippen LogP contribution is -2.00. The van der Waals surface area contributed by atoms with Gasteiger partial charge in [0, 0.05) is 22.9 Å². The molecule has 30 heavy (non-hydrogen) atoms. The number of hydrogen-bond donors (Lipinski definition) is 1. The molecule has 2 aromatic heterocycles. The quantitative estimate of drug-likeness (QED) is 0.308. The largest absolute Gasteiger partial charge is 0.423 e. The molecule has 5 nitrogen and oxygen atoms in total. The SMILES string of the molecule is CCc1ccc(Nc2nnc(SCc3cc(=O)oc4cc5c(cc34)CCC5)s2)cc1. The van der Waals surface area contributed by atoms with Crippen LogP contribution in [0.5, 0.6) is 0 Å². The lowest BCUT2D eigenvalue weighted by Gasteiger charge is -2.07. The number of rotatable bonds is 6. The summed E-state index contributed by atoms with van der Waals surface area (Å²) in [6, 6.07) is 14.2. The summed E-state index contributed by atoms with van der Waals surface area (Å²) in [5.74, 6) is 0.653. The van der Waals surface area contributed by atoms with Crippen LogP contribution in [0.15, 0.2) is 56.0 Å². The lowest BCUT2D eigenvalue weighted by atomic mass is 10.0. The molecular weight excluding hydrogens is 414 g/mol. The van der Waals surface area contributed by atoms with Gasteiger partial charge in [0.1, 0.15) is 5.58 Å². The Morgan fingerprint density at radius 1 is 1.10 bits per heavy atom. The van der Waals surface area contributed by atoms with Crippen LogP contribution in [0.1, 0.15) is 35.6 Å². The van der Waals surface area contributed by atoms with Gasteiger partial charge in [-0.05, 0) is 72.2 Å². The summed E-state index contributed by atoms with van der Waals surface area (Å²) in [6.07, 6.45) is 4.36. The first-order chi connectivity index (χ1) is 14.7. The standard InChI is InChI=1S/C23H21N3O2S2/c1-2-14-6-8-18(9-7-14)24-22-25-26-23(30-22)29-13-17-12-21(27)28-20-11-16-5-3-4-15(16)10-19(17)20/h6-12H,2-5,13H2,1H3,(H,24,25). The van der Waals surface area contributed by atoms with Crippen molar-refractivity contribution >= 4 is 44.9 Å². The fourth-order valence-corrected chi connectivity index (χ4v) is 5.58. The van der Waals surface area contributed by atoms with Crippen molar-refractivity contribution in [2.24, 2.45) is 0 Å². The molecule has 0 saturated heterocycles. The summed E-state index contributed by atoms with van der Waals surface area (Å²) in [5.41, 5.74) is 6.36. The number of thioether (sulfide) groups is 1. The van der Waals surface area contributed by atoms with Crippen molar-refractivity contribution in [1.82, 2.24) is 10.2 Å². The number of anilines is 2. The maximum Gasteiger partial charge on any atom is 0.336 e. The van der Waals surface area contributed by atoms with Gasteiger partial charge in [-0.2, -0.15) is 0 Å². The van der Waals surface area contributed by atoms with E-state index in [2.05, 4.69) is 52.8 Å². The molecule has 0 radical (unpaired) electrons. The molecule has 152 valence electrons. The monoisotopic (exact) mass is 435 g/mol. The van der Waals surface area contributed by atoms with Crippen molar-refractivity contribution in [3.63, 3.8) is 0 Å². The molecule has 0 atom stereocenters. The molecule has 7 heteroatoms. The van der Waals surface area contributed by atoms with Crippen molar-refractivity contribution < 1.29 is 4.42 Å². The van der Waals surface area contributed by atoms with E-state index in [1.165, 1.54) is 34.4 Å². The van der Waals surface area contributed by atoms with Crippen LogP contribution in [0.2, 0.25) is 0 Å². The van der Waals surface area contributed by atoms with Crippen LogP contribution in [0.25, 0.3) is 11.0 Å². The summed E-state index contributed by atoms with van der Waals surface area (Å²) in [5, 5.41) is 13.6. The van der Waals surface area contributed by atoms with Gasteiger partial charge >= 0.3 is 5.63 Å². The number of nitrogens with zero attached hydrogens (tertiary/aromatic N) is 2. The molecular formula is C23H21N3O2S2. The number of aromatic nitrogens is 2. The summed E-state index contributed by atoms with van der Waals surface area (Å²) in [6.45, 7) is 2.14. The molecule has 2 heterocycles. The zero-order chi connectivity index (χ0) is 20.5. The van der Waals surface area contributed by atoms with E-state index in [4.69, 9.17) is 4.42 Å². The van der Waals surface area contributed by atoms with E-state index >= 15 is 0 Å². The first-order valence-corrected chi connectivity index (χ1v) is 11.9. The van der Waals surface area contributed by atoms with E-state index in [1.807, 2.05) is 6.07 Å². The van der Waals surface area contributed by atoms with E-state index in [1.54, 1.807) is 17.8 Å². The highest BCUT2D eigenvalue weighted by atomic mass is 32.2. The molecule has 0 saturated carbocycles. The van der Waals surface area contributed by atoms with Crippen molar-refractivity contribution in [3.8, 4) is 0 Å². The molecule has 4 aromatic rings. The van der Waals surface area contributed by atoms with Gasteiger partial charge in [0.05, 0.1) is 0 Å². The third-order valence-electron chi connectivity index (χ3n) is 5.41. The highest BCUT2D eigenvalue weighted by Crippen LogP contribution is 2.33. The summed E-state index contributed by atoms with van der Waals surface area (Å²) in [4.78, 5) is 12.1. The normalized spacial score (nSPS) is 13.0. The van der Waals surface area contributed by atoms with Crippen molar-refractivity contribution in [3.05, 3.63) is 75.1 Å². The minimum Gasteiger partial charge on any atom is -0.423 e. The molecule has 0 fully saturated rings. The predicted octanol–water partition coefficient (Wildman–Crippen LogP) is 5.73. The second-order valence-electron chi connectivity index (χ2n) is 7.40. The molecule has 1 aliphatic rings. The summed E-state index contributed by atoms with van der Waals surface area (Å²) in [7, 11) is 0. The molecule has 1 aliphatic carbocycles. The minimum absolute atomic E-state index is 0.300. The van der Waals surface area contributed by atoms with E-state index in [0.29, 0.717) is 11.3 Å². The van der Waals surface area contributed by atoms with Gasteiger partial charge in [0.15, 0.2) is 4.34 Å². The van der Waals surface area contributed by atoms with Gasteiger partial charge in [-0.1, -0.05) is 42.2 Å². The van der Waals surface area contributed by atoms with Crippen LogP contribution in [0.3, 0.4) is 0 Å². The Kier molecular flexibility index (Phi) is 5.31. The van der Waals surface area contributed by atoms with Crippen molar-refractivity contribution in [1.29, 1.82) is 0 Å². The number of nitrogens with one attached hydrogen (secondary N) is 1. The average Bonchev–Trinajstić information content (AvgIpc) is 3.40. The number of aryl methyl sites for hydroxylation is 3. The van der Waals surface area contributed by atoms with Gasteiger partial charge in [0.25, 0.3) is 0 Å². The number of hydrogen-bond acceptors (Lipinski definition) is 7. The van der Waals surface area contributed by atoms with Crippen LogP contribution in [-0.4, -0.2) is 10.2 Å². The highest BCUT2D eigenvalue weighted by molar-refractivity contribution is 8.00. The maximum atomic E-state index is 12.1. The zero-order valence-electron chi connectivity index (χ0n) is 16.6. The van der Waals surface area contributed by atoms with Gasteiger partial charge in [-0.3, -0.25) is 0 Å². The third kappa shape index (κ3) is 4.00. The molecule has 1 N–H and O–H groups in total. The van der Waals surface area contributed by atoms with Crippen LogP contribution >= 0.6 is 23.1 Å². The van der Waals surface area contributed by atoms with E-state index in [0.717, 1.165) is 45.4 Å². The third-order valence-corrected chi connectivity index (χ3v) is 7.43. The van der Waals surface area contributed by atoms with Crippen molar-refractivity contribution in [2.45, 2.75) is 42.7 Å². The molecule has 0 bridgehead atoms. The maximum absolute atomic E-state index is 12.1. The second kappa shape index (κ2) is 8.24. The van der Waals surface area contributed by atoms with Crippen LogP contribution < -0.4 is 10.9 Å². The predicted molar refractivity (Wildman–Crippen MR) is 123 cm³/mol. The van der Waals surface area contributed by atoms with Crippen LogP contribution in [0.4, 0.5) is 10.8 Å². The smallest absolute Gasteiger partial charge is 0.336 e. The van der Waals surface area contributed by atoms with Gasteiger partial charge in [-0.15, -0.1) is 10.2 Å². The molecule has 0 spiro atoms. The second-order valence-corrected chi connectivity index (χ2v) is 9.60. The number of benzene rings is 2. The van der Waals surface area contributed by atoms with E-state index < -0.39 is 0 Å². The van der Waals surface area contributed by atoms with E-state index in [9.17, 15) is 4.79 Å². The Labute approximate surface area is 182 Å². The fourth-order valence-electron chi connectivity index (χ4n) is 3.82. The topological polar surface area (TPSA) is 68.0 Å². The Morgan fingerprint density at radius 3 is 2.70 bits per heavy atom. The molecule has 2 aromatic carbocycles. The molecule has 0 aliphatic heterocycles. The van der Waals surface area contributed by atoms with Crippen LogP contribution in [-0.2, 0) is 25.0 Å². The van der Waals surface area contributed by atoms with E-state index in [-0.39, 0.29) is 5.63 Å². The molecule has 0 amide bonds. The number of fused-ring (bicyclic) bond motifs is 2. The van der Waals surface area contributed by atoms with Gasteiger partial charge in [0.2, 0.25) is 5.13 Å². The fraction of sp³-hybridized carbons (Fsp3) is 0.261. The Hall–Kier alpha value is -2.64. The summed E-state index contributed by atoms with van der Waals surface area (Å²) < 4.78 is 6.33. The van der Waals surface area contributed by atoms with Crippen molar-refractivity contribution in [2.75, 3.05) is 5.32 Å². The summed E-state index contributed by atoms with van der Waals surface area (Å²) >= 11 is 3.11. The Bertz CT molecular complexity index is 1260. The van der Waals surface area contributed by atoms with Gasteiger partial charge in [-0.25, -0.2) is 4.79 Å². The highest BCUT2D eigenvalue weighted by Gasteiger charge is 2.16.